The van der Waals surface area contributed by atoms with E-state index in [1.807, 2.05) is 12.1 Å². The molecule has 1 fully saturated rings. The Morgan fingerprint density at radius 3 is 2.43 bits per heavy atom. The van der Waals surface area contributed by atoms with Gasteiger partial charge in [-0.1, -0.05) is 12.8 Å². The second-order valence-corrected chi connectivity index (χ2v) is 7.63. The number of ether oxygens (including phenoxy) is 2. The van der Waals surface area contributed by atoms with E-state index in [0.29, 0.717) is 18.0 Å². The Balaban J connectivity index is 0.00000392. The van der Waals surface area contributed by atoms with Crippen LogP contribution in [-0.2, 0) is 6.54 Å². The minimum atomic E-state index is 0. The zero-order valence-electron chi connectivity index (χ0n) is 17.2. The molecule has 0 saturated carbocycles. The van der Waals surface area contributed by atoms with Gasteiger partial charge in [-0.15, -0.1) is 24.0 Å². The van der Waals surface area contributed by atoms with E-state index < -0.39 is 0 Å². The van der Waals surface area contributed by atoms with Crippen molar-refractivity contribution in [2.24, 2.45) is 4.99 Å². The van der Waals surface area contributed by atoms with Crippen molar-refractivity contribution < 1.29 is 9.47 Å². The normalized spacial score (nSPS) is 15.4. The topological polar surface area (TPSA) is 58.1 Å². The molecule has 2 rings (SSSR count). The average molecular weight is 569 g/mol. The van der Waals surface area contributed by atoms with Gasteiger partial charge in [0.15, 0.2) is 17.5 Å². The van der Waals surface area contributed by atoms with Gasteiger partial charge >= 0.3 is 0 Å². The number of benzene rings is 1. The molecule has 1 saturated heterocycles. The number of hydrogen-bond acceptors (Lipinski definition) is 4. The molecule has 0 radical (unpaired) electrons. The highest BCUT2D eigenvalue weighted by atomic mass is 127. The maximum Gasteiger partial charge on any atom is 0.191 e. The fourth-order valence-corrected chi connectivity index (χ4v) is 4.00. The Morgan fingerprint density at radius 1 is 1.11 bits per heavy atom. The number of hydrogen-bond donors (Lipinski definition) is 2. The third kappa shape index (κ3) is 8.32. The van der Waals surface area contributed by atoms with Crippen molar-refractivity contribution in [3.63, 3.8) is 0 Å². The lowest BCUT2D eigenvalue weighted by Gasteiger charge is -2.20. The van der Waals surface area contributed by atoms with Crippen LogP contribution in [0.1, 0.15) is 37.7 Å². The molecular weight excluding hydrogens is 535 g/mol. The van der Waals surface area contributed by atoms with E-state index in [0.717, 1.165) is 35.5 Å². The van der Waals surface area contributed by atoms with Crippen LogP contribution in [0.4, 0.5) is 0 Å². The summed E-state index contributed by atoms with van der Waals surface area (Å²) < 4.78 is 11.6. The molecule has 0 aromatic heterocycles. The van der Waals surface area contributed by atoms with Gasteiger partial charge in [-0.3, -0.25) is 4.99 Å². The average Bonchev–Trinajstić information content (AvgIpc) is 2.95. The van der Waals surface area contributed by atoms with Crippen LogP contribution in [0.2, 0.25) is 0 Å². The lowest BCUT2D eigenvalue weighted by Crippen LogP contribution is -2.38. The third-order valence-corrected chi connectivity index (χ3v) is 5.41. The van der Waals surface area contributed by atoms with E-state index in [9.17, 15) is 0 Å². The van der Waals surface area contributed by atoms with Gasteiger partial charge in [0.05, 0.1) is 18.7 Å². The molecule has 1 aliphatic rings. The predicted octanol–water partition coefficient (Wildman–Crippen LogP) is 4.02. The van der Waals surface area contributed by atoms with Crippen molar-refractivity contribution in [1.29, 1.82) is 0 Å². The molecule has 1 aromatic carbocycles. The standard InChI is InChI=1S/C20H33BrN4O2.HI/c1-22-20(23-9-8-12-25-10-6-4-5-7-11-25)24-15-16-13-17(21)19(27-3)18(14-16)26-2;/h13-14H,4-12,15H2,1-3H3,(H2,22,23,24);1H. The number of methoxy groups -OCH3 is 2. The first-order valence-corrected chi connectivity index (χ1v) is 10.5. The van der Waals surface area contributed by atoms with Crippen molar-refractivity contribution >= 4 is 45.9 Å². The summed E-state index contributed by atoms with van der Waals surface area (Å²) in [5.74, 6) is 2.23. The zero-order valence-corrected chi connectivity index (χ0v) is 21.1. The van der Waals surface area contributed by atoms with Crippen molar-refractivity contribution in [3.8, 4) is 11.5 Å². The molecule has 8 heteroatoms. The van der Waals surface area contributed by atoms with Crippen LogP contribution < -0.4 is 20.1 Å². The van der Waals surface area contributed by atoms with Gasteiger partial charge in [0, 0.05) is 20.1 Å². The smallest absolute Gasteiger partial charge is 0.191 e. The van der Waals surface area contributed by atoms with E-state index in [2.05, 4.69) is 36.5 Å². The molecule has 1 aromatic rings. The maximum atomic E-state index is 5.40. The van der Waals surface area contributed by atoms with Gasteiger partial charge in [-0.2, -0.15) is 0 Å². The number of likely N-dealkylation sites (tertiary alicyclic amines) is 1. The van der Waals surface area contributed by atoms with Crippen LogP contribution in [0.25, 0.3) is 0 Å². The summed E-state index contributed by atoms with van der Waals surface area (Å²) >= 11 is 3.53. The van der Waals surface area contributed by atoms with Crippen molar-refractivity contribution in [1.82, 2.24) is 15.5 Å². The molecule has 2 N–H and O–H groups in total. The quantitative estimate of drug-likeness (QED) is 0.215. The minimum absolute atomic E-state index is 0. The number of halogens is 2. The molecule has 0 unspecified atom stereocenters. The van der Waals surface area contributed by atoms with Crippen molar-refractivity contribution in [2.45, 2.75) is 38.6 Å². The molecule has 0 aliphatic carbocycles. The SMILES string of the molecule is CN=C(NCCCN1CCCCCC1)NCc1cc(Br)c(OC)c(OC)c1.I. The first-order valence-electron chi connectivity index (χ1n) is 9.75. The molecule has 0 spiro atoms. The van der Waals surface area contributed by atoms with E-state index in [1.165, 1.54) is 38.8 Å². The molecule has 160 valence electrons. The molecular formula is C20H34BrIN4O2. The van der Waals surface area contributed by atoms with Crippen molar-refractivity contribution in [3.05, 3.63) is 22.2 Å². The number of aliphatic imine (C=N–C) groups is 1. The van der Waals surface area contributed by atoms with Gasteiger partial charge < -0.3 is 25.0 Å². The summed E-state index contributed by atoms with van der Waals surface area (Å²) in [6.07, 6.45) is 6.59. The zero-order chi connectivity index (χ0) is 19.5. The molecule has 1 heterocycles. The first-order chi connectivity index (χ1) is 13.2. The lowest BCUT2D eigenvalue weighted by atomic mass is 10.2. The van der Waals surface area contributed by atoms with Crippen LogP contribution in [-0.4, -0.2) is 58.3 Å². The summed E-state index contributed by atoms with van der Waals surface area (Å²) in [5, 5.41) is 6.76. The maximum absolute atomic E-state index is 5.40. The first kappa shape index (κ1) is 25.3. The van der Waals surface area contributed by atoms with Gasteiger partial charge in [0.25, 0.3) is 0 Å². The largest absolute Gasteiger partial charge is 0.493 e. The van der Waals surface area contributed by atoms with Gasteiger partial charge in [0.1, 0.15) is 0 Å². The van der Waals surface area contributed by atoms with E-state index in [4.69, 9.17) is 9.47 Å². The second kappa shape index (κ2) is 14.3. The Labute approximate surface area is 195 Å². The highest BCUT2D eigenvalue weighted by Crippen LogP contribution is 2.36. The Morgan fingerprint density at radius 2 is 1.82 bits per heavy atom. The summed E-state index contributed by atoms with van der Waals surface area (Å²) in [4.78, 5) is 6.90. The predicted molar refractivity (Wildman–Crippen MR) is 130 cm³/mol. The fourth-order valence-electron chi connectivity index (χ4n) is 3.35. The summed E-state index contributed by atoms with van der Waals surface area (Å²) in [7, 11) is 5.08. The Hall–Kier alpha value is -0.740. The summed E-state index contributed by atoms with van der Waals surface area (Å²) in [5.41, 5.74) is 1.09. The van der Waals surface area contributed by atoms with E-state index in [-0.39, 0.29) is 24.0 Å². The summed E-state index contributed by atoms with van der Waals surface area (Å²) in [6.45, 7) is 5.24. The monoisotopic (exact) mass is 568 g/mol. The molecule has 6 nitrogen and oxygen atoms in total. The van der Waals surface area contributed by atoms with Crippen LogP contribution in [0.5, 0.6) is 11.5 Å². The number of guanidine groups is 1. The Bertz CT molecular complexity index is 608. The highest BCUT2D eigenvalue weighted by Gasteiger charge is 2.11. The van der Waals surface area contributed by atoms with Crippen LogP contribution in [0, 0.1) is 0 Å². The molecule has 1 aliphatic heterocycles. The molecule has 28 heavy (non-hydrogen) atoms. The second-order valence-electron chi connectivity index (χ2n) is 6.78. The lowest BCUT2D eigenvalue weighted by molar-refractivity contribution is 0.282. The fraction of sp³-hybridized carbons (Fsp3) is 0.650. The number of rotatable bonds is 8. The van der Waals surface area contributed by atoms with E-state index >= 15 is 0 Å². The molecule has 0 amide bonds. The van der Waals surface area contributed by atoms with Gasteiger partial charge in [0.2, 0.25) is 0 Å². The van der Waals surface area contributed by atoms with Gasteiger partial charge in [-0.25, -0.2) is 0 Å². The van der Waals surface area contributed by atoms with Crippen LogP contribution >= 0.6 is 39.9 Å². The van der Waals surface area contributed by atoms with Gasteiger partial charge in [-0.05, 0) is 72.5 Å². The minimum Gasteiger partial charge on any atom is -0.493 e. The highest BCUT2D eigenvalue weighted by molar-refractivity contribution is 14.0. The van der Waals surface area contributed by atoms with Crippen molar-refractivity contribution in [2.75, 3.05) is 47.4 Å². The van der Waals surface area contributed by atoms with Crippen LogP contribution in [0.3, 0.4) is 0 Å². The number of nitrogens with zero attached hydrogens (tertiary/aromatic N) is 2. The third-order valence-electron chi connectivity index (χ3n) is 4.82. The van der Waals surface area contributed by atoms with E-state index in [1.54, 1.807) is 21.3 Å². The number of nitrogens with one attached hydrogen (secondary N) is 2. The molecule has 0 atom stereocenters. The van der Waals surface area contributed by atoms with Crippen LogP contribution in [0.15, 0.2) is 21.6 Å². The molecule has 0 bridgehead atoms. The Kier molecular flexibility index (Phi) is 12.9. The summed E-state index contributed by atoms with van der Waals surface area (Å²) in [6, 6.07) is 4.00.